The second-order valence-corrected chi connectivity index (χ2v) is 3.10. The number of ether oxygens (including phenoxy) is 1. The van der Waals surface area contributed by atoms with Gasteiger partial charge in [-0.2, -0.15) is 0 Å². The molecule has 0 aromatic carbocycles. The van der Waals surface area contributed by atoms with Gasteiger partial charge in [0.25, 0.3) is 0 Å². The van der Waals surface area contributed by atoms with Gasteiger partial charge in [-0.05, 0) is 31.8 Å². The van der Waals surface area contributed by atoms with E-state index in [1.54, 1.807) is 0 Å². The molecule has 0 N–H and O–H groups in total. The lowest BCUT2D eigenvalue weighted by Gasteiger charge is -2.16. The molecule has 0 aliphatic heterocycles. The molecular formula is C11H14O2. The molecule has 1 aliphatic rings. The van der Waals surface area contributed by atoms with E-state index in [1.165, 1.54) is 7.11 Å². The van der Waals surface area contributed by atoms with Crippen LogP contribution in [0.2, 0.25) is 0 Å². The van der Waals surface area contributed by atoms with E-state index in [0.29, 0.717) is 0 Å². The van der Waals surface area contributed by atoms with Crippen molar-refractivity contribution in [2.24, 2.45) is 5.92 Å². The summed E-state index contributed by atoms with van der Waals surface area (Å²) in [5, 5.41) is 0. The van der Waals surface area contributed by atoms with E-state index in [-0.39, 0.29) is 11.9 Å². The van der Waals surface area contributed by atoms with E-state index in [2.05, 4.69) is 16.6 Å². The second-order valence-electron chi connectivity index (χ2n) is 3.10. The maximum Gasteiger partial charge on any atom is 0.308 e. The van der Waals surface area contributed by atoms with Crippen molar-refractivity contribution < 1.29 is 9.53 Å². The average molecular weight is 178 g/mol. The van der Waals surface area contributed by atoms with Crippen LogP contribution in [0, 0.1) is 17.8 Å². The number of hydrogen-bond donors (Lipinski definition) is 0. The zero-order valence-corrected chi connectivity index (χ0v) is 8.09. The van der Waals surface area contributed by atoms with Crippen molar-refractivity contribution in [3.63, 3.8) is 0 Å². The highest BCUT2D eigenvalue weighted by atomic mass is 16.5. The Morgan fingerprint density at radius 1 is 1.69 bits per heavy atom. The van der Waals surface area contributed by atoms with Gasteiger partial charge in [0, 0.05) is 0 Å². The van der Waals surface area contributed by atoms with E-state index >= 15 is 0 Å². The minimum absolute atomic E-state index is 0.0485. The first kappa shape index (κ1) is 9.85. The summed E-state index contributed by atoms with van der Waals surface area (Å²) in [4.78, 5) is 11.1. The number of carbonyl (C=O) groups is 1. The first-order chi connectivity index (χ1) is 6.27. The van der Waals surface area contributed by atoms with Crippen molar-refractivity contribution in [2.75, 3.05) is 7.11 Å². The van der Waals surface area contributed by atoms with Crippen LogP contribution in [0.4, 0.5) is 0 Å². The third kappa shape index (κ3) is 2.62. The molecule has 1 aliphatic carbocycles. The van der Waals surface area contributed by atoms with Gasteiger partial charge in [0.15, 0.2) is 0 Å². The number of hydrogen-bond acceptors (Lipinski definition) is 2. The van der Waals surface area contributed by atoms with Gasteiger partial charge in [-0.1, -0.05) is 12.0 Å². The zero-order valence-electron chi connectivity index (χ0n) is 8.09. The Kier molecular flexibility index (Phi) is 3.57. The highest BCUT2D eigenvalue weighted by Gasteiger charge is 2.21. The maximum atomic E-state index is 11.1. The predicted octanol–water partition coefficient (Wildman–Crippen LogP) is 1.91. The lowest BCUT2D eigenvalue weighted by molar-refractivity contribution is -0.145. The molecule has 70 valence electrons. The molecule has 0 fully saturated rings. The Morgan fingerprint density at radius 2 is 2.46 bits per heavy atom. The topological polar surface area (TPSA) is 26.3 Å². The number of esters is 1. The molecule has 1 unspecified atom stereocenters. The van der Waals surface area contributed by atoms with Gasteiger partial charge >= 0.3 is 5.97 Å². The van der Waals surface area contributed by atoms with Gasteiger partial charge in [-0.25, -0.2) is 0 Å². The van der Waals surface area contributed by atoms with E-state index in [9.17, 15) is 4.79 Å². The summed E-state index contributed by atoms with van der Waals surface area (Å²) < 4.78 is 4.68. The van der Waals surface area contributed by atoms with Gasteiger partial charge in [0.05, 0.1) is 13.0 Å². The van der Waals surface area contributed by atoms with Gasteiger partial charge in [0.1, 0.15) is 0 Å². The normalized spacial score (nSPS) is 21.1. The van der Waals surface area contributed by atoms with Crippen LogP contribution < -0.4 is 0 Å². The van der Waals surface area contributed by atoms with Crippen LogP contribution >= 0.6 is 0 Å². The fourth-order valence-electron chi connectivity index (χ4n) is 1.49. The lowest BCUT2D eigenvalue weighted by Crippen LogP contribution is -2.18. The molecule has 1 atom stereocenters. The van der Waals surface area contributed by atoms with Crippen LogP contribution in [-0.2, 0) is 9.53 Å². The molecule has 0 aromatic heterocycles. The van der Waals surface area contributed by atoms with Crippen molar-refractivity contribution >= 4 is 5.97 Å². The molecule has 0 saturated heterocycles. The standard InChI is InChI=1S/C11H14O2/c1-3-4-9-5-7-10(8-6-9)11(12)13-2/h5,10H,6-8H2,1-2H3. The molecule has 13 heavy (non-hydrogen) atoms. The number of methoxy groups -OCH3 is 1. The minimum atomic E-state index is -0.0974. The Bertz CT molecular complexity index is 278. The molecule has 2 nitrogen and oxygen atoms in total. The van der Waals surface area contributed by atoms with Crippen molar-refractivity contribution in [1.82, 2.24) is 0 Å². The van der Waals surface area contributed by atoms with Crippen molar-refractivity contribution in [3.8, 4) is 11.8 Å². The van der Waals surface area contributed by atoms with Crippen molar-refractivity contribution in [2.45, 2.75) is 26.2 Å². The van der Waals surface area contributed by atoms with E-state index < -0.39 is 0 Å². The Labute approximate surface area is 79.0 Å². The molecule has 0 bridgehead atoms. The summed E-state index contributed by atoms with van der Waals surface area (Å²) in [6.07, 6.45) is 4.59. The van der Waals surface area contributed by atoms with Crippen LogP contribution in [0.15, 0.2) is 11.6 Å². The van der Waals surface area contributed by atoms with E-state index in [0.717, 1.165) is 24.8 Å². The lowest BCUT2D eigenvalue weighted by atomic mass is 9.90. The quantitative estimate of drug-likeness (QED) is 0.453. The van der Waals surface area contributed by atoms with Crippen LogP contribution in [0.25, 0.3) is 0 Å². The van der Waals surface area contributed by atoms with Gasteiger partial charge < -0.3 is 4.74 Å². The molecular weight excluding hydrogens is 164 g/mol. The maximum absolute atomic E-state index is 11.1. The molecule has 0 amide bonds. The van der Waals surface area contributed by atoms with Gasteiger partial charge in [-0.15, -0.1) is 5.92 Å². The first-order valence-corrected chi connectivity index (χ1v) is 4.47. The number of rotatable bonds is 1. The van der Waals surface area contributed by atoms with Crippen LogP contribution in [-0.4, -0.2) is 13.1 Å². The number of allylic oxidation sites excluding steroid dienone is 2. The summed E-state index contributed by atoms with van der Waals surface area (Å²) >= 11 is 0. The first-order valence-electron chi connectivity index (χ1n) is 4.47. The highest BCUT2D eigenvalue weighted by molar-refractivity contribution is 5.72. The Hall–Kier alpha value is -1.23. The molecule has 0 heterocycles. The fraction of sp³-hybridized carbons (Fsp3) is 0.545. The predicted molar refractivity (Wildman–Crippen MR) is 50.9 cm³/mol. The van der Waals surface area contributed by atoms with Gasteiger partial charge in [-0.3, -0.25) is 4.79 Å². The third-order valence-electron chi connectivity index (χ3n) is 2.23. The van der Waals surface area contributed by atoms with Gasteiger partial charge in [0.2, 0.25) is 0 Å². The summed E-state index contributed by atoms with van der Waals surface area (Å²) in [5.74, 6) is 5.83. The molecule has 0 radical (unpaired) electrons. The van der Waals surface area contributed by atoms with Crippen molar-refractivity contribution in [1.29, 1.82) is 0 Å². The molecule has 0 aromatic rings. The Morgan fingerprint density at radius 3 is 2.92 bits per heavy atom. The molecule has 0 saturated carbocycles. The van der Waals surface area contributed by atoms with E-state index in [4.69, 9.17) is 0 Å². The SMILES string of the molecule is CC#CC1=CCC(C(=O)OC)CC1. The largest absolute Gasteiger partial charge is 0.469 e. The Balaban J connectivity index is 2.54. The fourth-order valence-corrected chi connectivity index (χ4v) is 1.49. The van der Waals surface area contributed by atoms with Crippen LogP contribution in [0.1, 0.15) is 26.2 Å². The molecule has 0 spiro atoms. The minimum Gasteiger partial charge on any atom is -0.469 e. The smallest absolute Gasteiger partial charge is 0.308 e. The second kappa shape index (κ2) is 4.71. The third-order valence-corrected chi connectivity index (χ3v) is 2.23. The monoisotopic (exact) mass is 178 g/mol. The number of carbonyl (C=O) groups excluding carboxylic acids is 1. The van der Waals surface area contributed by atoms with Crippen LogP contribution in [0.3, 0.4) is 0 Å². The average Bonchev–Trinajstić information content (AvgIpc) is 2.18. The summed E-state index contributed by atoms with van der Waals surface area (Å²) in [7, 11) is 1.44. The zero-order chi connectivity index (χ0) is 9.68. The molecule has 1 rings (SSSR count). The van der Waals surface area contributed by atoms with Crippen molar-refractivity contribution in [3.05, 3.63) is 11.6 Å². The summed E-state index contributed by atoms with van der Waals surface area (Å²) in [6, 6.07) is 0. The highest BCUT2D eigenvalue weighted by Crippen LogP contribution is 2.23. The molecule has 2 heteroatoms. The summed E-state index contributed by atoms with van der Waals surface area (Å²) in [6.45, 7) is 1.83. The summed E-state index contributed by atoms with van der Waals surface area (Å²) in [5.41, 5.74) is 1.16. The van der Waals surface area contributed by atoms with E-state index in [1.807, 2.05) is 13.0 Å². The van der Waals surface area contributed by atoms with Crippen LogP contribution in [0.5, 0.6) is 0 Å².